The molecule has 0 bridgehead atoms. The van der Waals surface area contributed by atoms with E-state index in [2.05, 4.69) is 5.32 Å². The van der Waals surface area contributed by atoms with Crippen LogP contribution in [0.2, 0.25) is 10.0 Å². The molecule has 0 saturated carbocycles. The van der Waals surface area contributed by atoms with Crippen molar-refractivity contribution in [3.63, 3.8) is 0 Å². The van der Waals surface area contributed by atoms with Crippen LogP contribution in [0.5, 0.6) is 0 Å². The molecular weight excluding hydrogens is 345 g/mol. The fraction of sp³-hybridized carbons (Fsp3) is 0.467. The number of benzene rings is 1. The van der Waals surface area contributed by atoms with Gasteiger partial charge in [-0.25, -0.2) is 0 Å². The maximum Gasteiger partial charge on any atom is 0.303 e. The van der Waals surface area contributed by atoms with Gasteiger partial charge in [-0.3, -0.25) is 9.59 Å². The minimum atomic E-state index is -0.777. The van der Waals surface area contributed by atoms with Crippen molar-refractivity contribution in [2.24, 2.45) is 0 Å². The molecule has 0 fully saturated rings. The summed E-state index contributed by atoms with van der Waals surface area (Å²) in [6.07, 6.45) is 2.44. The second-order valence-electron chi connectivity index (χ2n) is 4.78. The van der Waals surface area contributed by atoms with Crippen LogP contribution < -0.4 is 5.32 Å². The van der Waals surface area contributed by atoms with Crippen molar-refractivity contribution in [2.75, 3.05) is 12.3 Å². The van der Waals surface area contributed by atoms with E-state index >= 15 is 0 Å². The average Bonchev–Trinajstić information content (AvgIpc) is 2.44. The van der Waals surface area contributed by atoms with Crippen molar-refractivity contribution >= 4 is 46.8 Å². The highest BCUT2D eigenvalue weighted by Crippen LogP contribution is 2.24. The van der Waals surface area contributed by atoms with E-state index in [1.54, 1.807) is 12.1 Å². The molecule has 0 aromatic heterocycles. The second kappa shape index (κ2) is 10.8. The predicted molar refractivity (Wildman–Crippen MR) is 91.7 cm³/mol. The average molecular weight is 364 g/mol. The quantitative estimate of drug-likeness (QED) is 0.616. The SMILES string of the molecule is O=C(O)CCCCCNC(=O)CSCc1ccc(Cl)cc1Cl. The van der Waals surface area contributed by atoms with E-state index < -0.39 is 5.97 Å². The van der Waals surface area contributed by atoms with Crippen molar-refractivity contribution < 1.29 is 14.7 Å². The van der Waals surface area contributed by atoms with E-state index in [9.17, 15) is 9.59 Å². The van der Waals surface area contributed by atoms with Gasteiger partial charge in [0.2, 0.25) is 5.91 Å². The molecule has 1 aromatic rings. The first-order chi connectivity index (χ1) is 10.5. The number of hydrogen-bond donors (Lipinski definition) is 2. The van der Waals surface area contributed by atoms with E-state index in [0.717, 1.165) is 18.4 Å². The molecule has 0 saturated heterocycles. The number of aliphatic carboxylic acids is 1. The number of halogens is 2. The molecule has 0 unspecified atom stereocenters. The summed E-state index contributed by atoms with van der Waals surface area (Å²) in [6.45, 7) is 0.584. The summed E-state index contributed by atoms with van der Waals surface area (Å²) in [6, 6.07) is 5.33. The molecule has 1 aromatic carbocycles. The van der Waals surface area contributed by atoms with Crippen LogP contribution in [0.3, 0.4) is 0 Å². The first-order valence-corrected chi connectivity index (χ1v) is 8.90. The summed E-state index contributed by atoms with van der Waals surface area (Å²) in [4.78, 5) is 22.0. The molecule has 1 amide bonds. The molecule has 0 aliphatic rings. The smallest absolute Gasteiger partial charge is 0.303 e. The van der Waals surface area contributed by atoms with Crippen LogP contribution >= 0.6 is 35.0 Å². The number of carbonyl (C=O) groups is 2. The Morgan fingerprint density at radius 1 is 1.18 bits per heavy atom. The molecule has 0 atom stereocenters. The lowest BCUT2D eigenvalue weighted by Crippen LogP contribution is -2.26. The molecule has 0 heterocycles. The molecular formula is C15H19Cl2NO3S. The number of unbranched alkanes of at least 4 members (excludes halogenated alkanes) is 2. The predicted octanol–water partition coefficient (Wildman–Crippen LogP) is 3.99. The third-order valence-electron chi connectivity index (χ3n) is 2.90. The monoisotopic (exact) mass is 363 g/mol. The van der Waals surface area contributed by atoms with Gasteiger partial charge in [0.05, 0.1) is 5.75 Å². The Labute approximate surface area is 144 Å². The zero-order valence-corrected chi connectivity index (χ0v) is 14.4. The number of amides is 1. The van der Waals surface area contributed by atoms with Gasteiger partial charge >= 0.3 is 5.97 Å². The molecule has 22 heavy (non-hydrogen) atoms. The molecule has 0 aliphatic carbocycles. The molecule has 0 radical (unpaired) electrons. The van der Waals surface area contributed by atoms with Crippen LogP contribution in [0.15, 0.2) is 18.2 Å². The fourth-order valence-corrected chi connectivity index (χ4v) is 3.16. The van der Waals surface area contributed by atoms with Crippen LogP contribution in [-0.4, -0.2) is 29.3 Å². The number of rotatable bonds is 10. The highest BCUT2D eigenvalue weighted by molar-refractivity contribution is 7.99. The summed E-state index contributed by atoms with van der Waals surface area (Å²) in [5.74, 6) is 0.227. The highest BCUT2D eigenvalue weighted by atomic mass is 35.5. The number of hydrogen-bond acceptors (Lipinski definition) is 3. The van der Waals surface area contributed by atoms with E-state index in [1.165, 1.54) is 11.8 Å². The van der Waals surface area contributed by atoms with Crippen LogP contribution in [0, 0.1) is 0 Å². The largest absolute Gasteiger partial charge is 0.481 e. The summed E-state index contributed by atoms with van der Waals surface area (Å²) in [5.41, 5.74) is 0.956. The Bertz CT molecular complexity index is 512. The highest BCUT2D eigenvalue weighted by Gasteiger charge is 2.05. The van der Waals surface area contributed by atoms with Gasteiger partial charge in [-0.15, -0.1) is 11.8 Å². The van der Waals surface area contributed by atoms with E-state index in [4.69, 9.17) is 28.3 Å². The Hall–Kier alpha value is -0.910. The van der Waals surface area contributed by atoms with Crippen LogP contribution in [0.1, 0.15) is 31.2 Å². The van der Waals surface area contributed by atoms with Gasteiger partial charge in [-0.05, 0) is 30.5 Å². The molecule has 4 nitrogen and oxygen atoms in total. The number of thioether (sulfide) groups is 1. The first-order valence-electron chi connectivity index (χ1n) is 6.99. The Morgan fingerprint density at radius 2 is 1.95 bits per heavy atom. The van der Waals surface area contributed by atoms with Gasteiger partial charge < -0.3 is 10.4 Å². The number of carboxylic acid groups (broad SMARTS) is 1. The van der Waals surface area contributed by atoms with Gasteiger partial charge in [0.15, 0.2) is 0 Å². The van der Waals surface area contributed by atoms with Gasteiger partial charge in [-0.1, -0.05) is 35.7 Å². The molecule has 2 N–H and O–H groups in total. The minimum absolute atomic E-state index is 0.0201. The van der Waals surface area contributed by atoms with Crippen molar-refractivity contribution in [3.05, 3.63) is 33.8 Å². The van der Waals surface area contributed by atoms with Crippen LogP contribution in [0.25, 0.3) is 0 Å². The van der Waals surface area contributed by atoms with E-state index in [-0.39, 0.29) is 12.3 Å². The standard InChI is InChI=1S/C15H19Cl2NO3S/c16-12-6-5-11(13(17)8-12)9-22-10-14(19)18-7-3-1-2-4-15(20)21/h5-6,8H,1-4,7,9-10H2,(H,18,19)(H,20,21). The maximum absolute atomic E-state index is 11.6. The minimum Gasteiger partial charge on any atom is -0.481 e. The Balaban J connectivity index is 2.09. The number of carbonyl (C=O) groups excluding carboxylic acids is 1. The maximum atomic E-state index is 11.6. The fourth-order valence-electron chi connectivity index (χ4n) is 1.75. The lowest BCUT2D eigenvalue weighted by atomic mass is 10.2. The van der Waals surface area contributed by atoms with Crippen molar-refractivity contribution in [1.82, 2.24) is 5.32 Å². The third kappa shape index (κ3) is 8.51. The molecule has 0 spiro atoms. The van der Waals surface area contributed by atoms with Crippen molar-refractivity contribution in [2.45, 2.75) is 31.4 Å². The molecule has 1 rings (SSSR count). The van der Waals surface area contributed by atoms with Crippen LogP contribution in [-0.2, 0) is 15.3 Å². The van der Waals surface area contributed by atoms with E-state index in [0.29, 0.717) is 34.5 Å². The summed E-state index contributed by atoms with van der Waals surface area (Å²) in [7, 11) is 0. The summed E-state index contributed by atoms with van der Waals surface area (Å²) in [5, 5.41) is 12.5. The van der Waals surface area contributed by atoms with Gasteiger partial charge in [0, 0.05) is 28.8 Å². The third-order valence-corrected chi connectivity index (χ3v) is 4.46. The zero-order chi connectivity index (χ0) is 16.4. The first kappa shape index (κ1) is 19.1. The molecule has 0 aliphatic heterocycles. The lowest BCUT2D eigenvalue weighted by molar-refractivity contribution is -0.137. The lowest BCUT2D eigenvalue weighted by Gasteiger charge is -2.06. The molecule has 7 heteroatoms. The van der Waals surface area contributed by atoms with Crippen molar-refractivity contribution in [3.8, 4) is 0 Å². The normalized spacial score (nSPS) is 10.5. The number of carboxylic acids is 1. The topological polar surface area (TPSA) is 66.4 Å². The van der Waals surface area contributed by atoms with Gasteiger partial charge in [-0.2, -0.15) is 0 Å². The van der Waals surface area contributed by atoms with Gasteiger partial charge in [0.25, 0.3) is 0 Å². The van der Waals surface area contributed by atoms with E-state index in [1.807, 2.05) is 6.07 Å². The zero-order valence-electron chi connectivity index (χ0n) is 12.1. The van der Waals surface area contributed by atoms with Crippen LogP contribution in [0.4, 0.5) is 0 Å². The Kier molecular flexibility index (Phi) is 9.36. The number of nitrogens with one attached hydrogen (secondary N) is 1. The Morgan fingerprint density at radius 3 is 2.64 bits per heavy atom. The van der Waals surface area contributed by atoms with Gasteiger partial charge in [0.1, 0.15) is 0 Å². The second-order valence-corrected chi connectivity index (χ2v) is 6.61. The summed E-state index contributed by atoms with van der Waals surface area (Å²) < 4.78 is 0. The molecule has 122 valence electrons. The van der Waals surface area contributed by atoms with Crippen molar-refractivity contribution in [1.29, 1.82) is 0 Å². The summed E-state index contributed by atoms with van der Waals surface area (Å²) >= 11 is 13.4.